The van der Waals surface area contributed by atoms with Crippen LogP contribution in [0.1, 0.15) is 22.8 Å². The molecule has 1 fully saturated rings. The summed E-state index contributed by atoms with van der Waals surface area (Å²) in [4.78, 5) is 29.2. The van der Waals surface area contributed by atoms with Crippen LogP contribution in [0.15, 0.2) is 47.4 Å². The molecule has 1 heterocycles. The lowest BCUT2D eigenvalue weighted by Gasteiger charge is -2.32. The van der Waals surface area contributed by atoms with Gasteiger partial charge in [0.15, 0.2) is 0 Å². The lowest BCUT2D eigenvalue weighted by molar-refractivity contribution is -0.116. The van der Waals surface area contributed by atoms with Gasteiger partial charge in [-0.3, -0.25) is 9.59 Å². The average Bonchev–Trinajstić information content (AvgIpc) is 2.81. The lowest BCUT2D eigenvalue weighted by atomic mass is 10.1. The van der Waals surface area contributed by atoms with Gasteiger partial charge in [0.2, 0.25) is 15.9 Å². The molecule has 2 aromatic rings. The smallest absolute Gasteiger partial charge is 0.253 e. The van der Waals surface area contributed by atoms with E-state index in [2.05, 4.69) is 10.2 Å². The summed E-state index contributed by atoms with van der Waals surface area (Å²) in [6.45, 7) is 6.81. The first kappa shape index (κ1) is 25.7. The van der Waals surface area contributed by atoms with Crippen LogP contribution in [0.25, 0.3) is 0 Å². The highest BCUT2D eigenvalue weighted by atomic mass is 32.2. The van der Waals surface area contributed by atoms with Gasteiger partial charge < -0.3 is 19.9 Å². The highest BCUT2D eigenvalue weighted by Gasteiger charge is 2.24. The fraction of sp³-hybridized carbons (Fsp3) is 0.417. The van der Waals surface area contributed by atoms with Crippen molar-refractivity contribution in [2.75, 3.05) is 58.7 Å². The van der Waals surface area contributed by atoms with E-state index in [4.69, 9.17) is 4.74 Å². The second kappa shape index (κ2) is 11.0. The molecule has 1 saturated heterocycles. The number of amides is 2. The van der Waals surface area contributed by atoms with Crippen molar-refractivity contribution in [1.29, 1.82) is 0 Å². The Kier molecular flexibility index (Phi) is 8.29. The van der Waals surface area contributed by atoms with Gasteiger partial charge in [0.05, 0.1) is 18.0 Å². The standard InChI is InChI=1S/C24H32N4O5S/c1-5-33-22-11-10-21(16-18(22)2)34(31,32)27(4)17-23(29)25-20-8-6-19(7-9-20)24(30)28-14-12-26(3)13-15-28/h6-11,16H,5,12-15,17H2,1-4H3,(H,25,29). The molecule has 34 heavy (non-hydrogen) atoms. The topological polar surface area (TPSA) is 99.3 Å². The summed E-state index contributed by atoms with van der Waals surface area (Å²) in [5.74, 6) is 0.103. The zero-order valence-corrected chi connectivity index (χ0v) is 20.9. The maximum absolute atomic E-state index is 12.9. The van der Waals surface area contributed by atoms with Gasteiger partial charge >= 0.3 is 0 Å². The SMILES string of the molecule is CCOc1ccc(S(=O)(=O)N(C)CC(=O)Nc2ccc(C(=O)N3CCN(C)CC3)cc2)cc1C. The summed E-state index contributed by atoms with van der Waals surface area (Å²) in [7, 11) is -0.463. The predicted octanol–water partition coefficient (Wildman–Crippen LogP) is 2.04. The number of carbonyl (C=O) groups excluding carboxylic acids is 2. The molecule has 0 spiro atoms. The molecule has 3 rings (SSSR count). The summed E-state index contributed by atoms with van der Waals surface area (Å²) in [5, 5.41) is 2.69. The van der Waals surface area contributed by atoms with Crippen molar-refractivity contribution in [2.24, 2.45) is 0 Å². The number of carbonyl (C=O) groups is 2. The molecule has 0 radical (unpaired) electrons. The number of hydrogen-bond acceptors (Lipinski definition) is 6. The van der Waals surface area contributed by atoms with Crippen LogP contribution in [-0.4, -0.2) is 87.8 Å². The van der Waals surface area contributed by atoms with E-state index >= 15 is 0 Å². The van der Waals surface area contributed by atoms with Crippen molar-refractivity contribution in [3.63, 3.8) is 0 Å². The molecule has 1 aliphatic heterocycles. The quantitative estimate of drug-likeness (QED) is 0.611. The molecule has 1 aliphatic rings. The van der Waals surface area contributed by atoms with Crippen LogP contribution in [0.4, 0.5) is 5.69 Å². The van der Waals surface area contributed by atoms with Crippen LogP contribution < -0.4 is 10.1 Å². The minimum Gasteiger partial charge on any atom is -0.494 e. The van der Waals surface area contributed by atoms with E-state index in [0.717, 1.165) is 17.4 Å². The molecule has 2 aromatic carbocycles. The minimum absolute atomic E-state index is 0.0394. The number of nitrogens with zero attached hydrogens (tertiary/aromatic N) is 3. The van der Waals surface area contributed by atoms with Crippen LogP contribution in [-0.2, 0) is 14.8 Å². The third-order valence-electron chi connectivity index (χ3n) is 5.73. The monoisotopic (exact) mass is 488 g/mol. The van der Waals surface area contributed by atoms with Crippen LogP contribution in [0.5, 0.6) is 5.75 Å². The number of hydrogen-bond donors (Lipinski definition) is 1. The largest absolute Gasteiger partial charge is 0.494 e. The highest BCUT2D eigenvalue weighted by molar-refractivity contribution is 7.89. The summed E-state index contributed by atoms with van der Waals surface area (Å²) in [5.41, 5.74) is 1.74. The Morgan fingerprint density at radius 2 is 1.71 bits per heavy atom. The molecular weight excluding hydrogens is 456 g/mol. The van der Waals surface area contributed by atoms with E-state index in [0.29, 0.717) is 42.3 Å². The van der Waals surface area contributed by atoms with Crippen LogP contribution >= 0.6 is 0 Å². The molecule has 0 aliphatic carbocycles. The number of aryl methyl sites for hydroxylation is 1. The van der Waals surface area contributed by atoms with Crippen molar-refractivity contribution in [1.82, 2.24) is 14.1 Å². The Bertz CT molecular complexity index is 1130. The van der Waals surface area contributed by atoms with E-state index in [-0.39, 0.29) is 17.3 Å². The number of likely N-dealkylation sites (N-methyl/N-ethyl adjacent to an activating group) is 2. The van der Waals surface area contributed by atoms with Gasteiger partial charge in [-0.2, -0.15) is 4.31 Å². The van der Waals surface area contributed by atoms with Crippen LogP contribution in [0.3, 0.4) is 0 Å². The van der Waals surface area contributed by atoms with E-state index in [9.17, 15) is 18.0 Å². The molecular formula is C24H32N4O5S. The Morgan fingerprint density at radius 3 is 2.29 bits per heavy atom. The maximum atomic E-state index is 12.9. The van der Waals surface area contributed by atoms with E-state index < -0.39 is 15.9 Å². The fourth-order valence-electron chi connectivity index (χ4n) is 3.66. The molecule has 0 unspecified atom stereocenters. The predicted molar refractivity (Wildman–Crippen MR) is 131 cm³/mol. The number of anilines is 1. The minimum atomic E-state index is -3.85. The zero-order chi connectivity index (χ0) is 24.9. The van der Waals surface area contributed by atoms with Crippen LogP contribution in [0.2, 0.25) is 0 Å². The average molecular weight is 489 g/mol. The van der Waals surface area contributed by atoms with Gasteiger partial charge in [0.25, 0.3) is 5.91 Å². The second-order valence-corrected chi connectivity index (χ2v) is 10.4. The van der Waals surface area contributed by atoms with E-state index in [1.807, 2.05) is 18.9 Å². The number of rotatable bonds is 8. The number of ether oxygens (including phenoxy) is 1. The summed E-state index contributed by atoms with van der Waals surface area (Å²) < 4.78 is 32.2. The van der Waals surface area contributed by atoms with Gasteiger partial charge in [-0.1, -0.05) is 0 Å². The molecule has 0 saturated carbocycles. The second-order valence-electron chi connectivity index (χ2n) is 8.34. The number of benzene rings is 2. The first-order valence-electron chi connectivity index (χ1n) is 11.2. The summed E-state index contributed by atoms with van der Waals surface area (Å²) in [6.07, 6.45) is 0. The molecule has 0 aromatic heterocycles. The molecule has 0 bridgehead atoms. The number of piperazine rings is 1. The molecule has 9 nitrogen and oxygen atoms in total. The maximum Gasteiger partial charge on any atom is 0.253 e. The van der Waals surface area contributed by atoms with Crippen molar-refractivity contribution in [2.45, 2.75) is 18.7 Å². The first-order valence-corrected chi connectivity index (χ1v) is 12.6. The zero-order valence-electron chi connectivity index (χ0n) is 20.1. The van der Waals surface area contributed by atoms with Gasteiger partial charge in [-0.05, 0) is 68.9 Å². The normalized spacial score (nSPS) is 14.8. The van der Waals surface area contributed by atoms with Gasteiger partial charge in [0, 0.05) is 44.5 Å². The summed E-state index contributed by atoms with van der Waals surface area (Å²) in [6, 6.07) is 11.2. The van der Waals surface area contributed by atoms with Crippen molar-refractivity contribution in [3.8, 4) is 5.75 Å². The molecule has 10 heteroatoms. The number of sulfonamides is 1. The first-order chi connectivity index (χ1) is 16.1. The highest BCUT2D eigenvalue weighted by Crippen LogP contribution is 2.23. The Hall–Kier alpha value is -2.95. The van der Waals surface area contributed by atoms with Gasteiger partial charge in [-0.25, -0.2) is 8.42 Å². The fourth-order valence-corrected chi connectivity index (χ4v) is 4.87. The van der Waals surface area contributed by atoms with Crippen molar-refractivity contribution in [3.05, 3.63) is 53.6 Å². The van der Waals surface area contributed by atoms with Gasteiger partial charge in [-0.15, -0.1) is 0 Å². The Morgan fingerprint density at radius 1 is 1.06 bits per heavy atom. The van der Waals surface area contributed by atoms with Crippen LogP contribution in [0, 0.1) is 6.92 Å². The van der Waals surface area contributed by atoms with Crippen molar-refractivity contribution < 1.29 is 22.7 Å². The molecule has 184 valence electrons. The third kappa shape index (κ3) is 6.13. The Labute approximate surface area is 201 Å². The third-order valence-corrected chi connectivity index (χ3v) is 7.53. The molecule has 1 N–H and O–H groups in total. The lowest BCUT2D eigenvalue weighted by Crippen LogP contribution is -2.47. The Balaban J connectivity index is 1.59. The molecule has 2 amide bonds. The molecule has 0 atom stereocenters. The van der Waals surface area contributed by atoms with Crippen molar-refractivity contribution >= 4 is 27.5 Å². The van der Waals surface area contributed by atoms with E-state index in [1.54, 1.807) is 37.3 Å². The van der Waals surface area contributed by atoms with E-state index in [1.165, 1.54) is 19.2 Å². The number of nitrogens with one attached hydrogen (secondary N) is 1. The van der Waals surface area contributed by atoms with Gasteiger partial charge in [0.1, 0.15) is 5.75 Å². The summed E-state index contributed by atoms with van der Waals surface area (Å²) >= 11 is 0.